The number of benzene rings is 1. The van der Waals surface area contributed by atoms with Gasteiger partial charge in [0.1, 0.15) is 12.4 Å². The lowest BCUT2D eigenvalue weighted by Crippen LogP contribution is -2.31. The molecule has 1 saturated heterocycles. The smallest absolute Gasteiger partial charge is 0.287 e. The van der Waals surface area contributed by atoms with Gasteiger partial charge in [-0.25, -0.2) is 0 Å². The van der Waals surface area contributed by atoms with Gasteiger partial charge in [0.05, 0.1) is 13.2 Å². The van der Waals surface area contributed by atoms with E-state index in [9.17, 15) is 4.79 Å². The summed E-state index contributed by atoms with van der Waals surface area (Å²) in [6.07, 6.45) is 2.14. The molecule has 0 bridgehead atoms. The summed E-state index contributed by atoms with van der Waals surface area (Å²) in [5.74, 6) is 1.88. The highest BCUT2D eigenvalue weighted by molar-refractivity contribution is 5.91. The van der Waals surface area contributed by atoms with Crippen LogP contribution in [0.15, 0.2) is 40.8 Å². The van der Waals surface area contributed by atoms with Crippen LogP contribution in [0.3, 0.4) is 0 Å². The van der Waals surface area contributed by atoms with Crippen LogP contribution in [-0.4, -0.2) is 32.3 Å². The van der Waals surface area contributed by atoms with E-state index >= 15 is 0 Å². The molecule has 2 heterocycles. The van der Waals surface area contributed by atoms with Crippen LogP contribution < -0.4 is 14.8 Å². The number of carbonyl (C=O) groups is 1. The summed E-state index contributed by atoms with van der Waals surface area (Å²) >= 11 is 0. The van der Waals surface area contributed by atoms with Crippen molar-refractivity contribution < 1.29 is 23.4 Å². The quantitative estimate of drug-likeness (QED) is 0.845. The largest absolute Gasteiger partial charge is 0.493 e. The zero-order valence-corrected chi connectivity index (χ0v) is 13.6. The van der Waals surface area contributed by atoms with Crippen molar-refractivity contribution in [2.75, 3.05) is 20.3 Å². The van der Waals surface area contributed by atoms with E-state index in [1.807, 2.05) is 24.3 Å². The van der Waals surface area contributed by atoms with Gasteiger partial charge in [0.2, 0.25) is 0 Å². The molecule has 6 heteroatoms. The summed E-state index contributed by atoms with van der Waals surface area (Å²) in [5, 5.41) is 2.83. The second-order valence-electron chi connectivity index (χ2n) is 5.55. The van der Waals surface area contributed by atoms with Crippen molar-refractivity contribution in [3.63, 3.8) is 0 Å². The fourth-order valence-corrected chi connectivity index (χ4v) is 2.56. The average molecular weight is 331 g/mol. The molecule has 24 heavy (non-hydrogen) atoms. The number of amides is 1. The highest BCUT2D eigenvalue weighted by Crippen LogP contribution is 2.26. The van der Waals surface area contributed by atoms with Crippen molar-refractivity contribution in [1.82, 2.24) is 5.32 Å². The summed E-state index contributed by atoms with van der Waals surface area (Å²) < 4.78 is 21.9. The molecule has 6 nitrogen and oxygen atoms in total. The van der Waals surface area contributed by atoms with Crippen LogP contribution in [0.4, 0.5) is 0 Å². The van der Waals surface area contributed by atoms with E-state index in [2.05, 4.69) is 5.32 Å². The van der Waals surface area contributed by atoms with Crippen molar-refractivity contribution in [2.45, 2.75) is 25.6 Å². The lowest BCUT2D eigenvalue weighted by atomic mass is 10.2. The lowest BCUT2D eigenvalue weighted by Gasteiger charge is -2.10. The van der Waals surface area contributed by atoms with Crippen molar-refractivity contribution in [2.24, 2.45) is 0 Å². The third kappa shape index (κ3) is 4.08. The van der Waals surface area contributed by atoms with Gasteiger partial charge in [-0.15, -0.1) is 0 Å². The first kappa shape index (κ1) is 16.4. The molecular weight excluding hydrogens is 310 g/mol. The van der Waals surface area contributed by atoms with Crippen LogP contribution in [-0.2, 0) is 11.3 Å². The van der Waals surface area contributed by atoms with Gasteiger partial charge in [0.25, 0.3) is 5.91 Å². The topological polar surface area (TPSA) is 69.9 Å². The number of nitrogens with one attached hydrogen (secondary N) is 1. The Hall–Kier alpha value is -2.47. The lowest BCUT2D eigenvalue weighted by molar-refractivity contribution is 0.0832. The molecule has 0 radical (unpaired) electrons. The van der Waals surface area contributed by atoms with Crippen LogP contribution in [0.5, 0.6) is 11.5 Å². The first-order chi connectivity index (χ1) is 11.8. The van der Waals surface area contributed by atoms with Crippen molar-refractivity contribution >= 4 is 5.91 Å². The van der Waals surface area contributed by atoms with Crippen LogP contribution in [0.1, 0.15) is 29.2 Å². The third-order valence-corrected chi connectivity index (χ3v) is 3.84. The van der Waals surface area contributed by atoms with Crippen molar-refractivity contribution in [1.29, 1.82) is 0 Å². The van der Waals surface area contributed by atoms with E-state index < -0.39 is 0 Å². The Kier molecular flexibility index (Phi) is 5.38. The van der Waals surface area contributed by atoms with Crippen molar-refractivity contribution in [3.8, 4) is 11.5 Å². The summed E-state index contributed by atoms with van der Waals surface area (Å²) in [4.78, 5) is 12.1. The molecule has 128 valence electrons. The standard InChI is InChI=1S/C18H21NO5/c1-21-15-6-2-3-7-16(15)23-12-14-8-9-17(24-14)18(20)19-11-13-5-4-10-22-13/h2-3,6-9,13H,4-5,10-12H2,1H3,(H,19,20)/t13-/m0/s1. The first-order valence-corrected chi connectivity index (χ1v) is 8.00. The maximum Gasteiger partial charge on any atom is 0.287 e. The number of para-hydroxylation sites is 2. The number of rotatable bonds is 7. The van der Waals surface area contributed by atoms with Crippen LogP contribution >= 0.6 is 0 Å². The number of carbonyl (C=O) groups excluding carboxylic acids is 1. The van der Waals surface area contributed by atoms with E-state index in [1.54, 1.807) is 19.2 Å². The number of methoxy groups -OCH3 is 1. The molecular formula is C18H21NO5. The van der Waals surface area contributed by atoms with Crippen molar-refractivity contribution in [3.05, 3.63) is 47.9 Å². The molecule has 1 amide bonds. The van der Waals surface area contributed by atoms with Gasteiger partial charge in [0.15, 0.2) is 17.3 Å². The molecule has 0 aliphatic carbocycles. The van der Waals surface area contributed by atoms with Gasteiger partial charge in [0, 0.05) is 13.2 Å². The molecule has 0 unspecified atom stereocenters. The molecule has 1 aliphatic heterocycles. The Morgan fingerprint density at radius 2 is 2.08 bits per heavy atom. The third-order valence-electron chi connectivity index (χ3n) is 3.84. The predicted molar refractivity (Wildman–Crippen MR) is 87.3 cm³/mol. The Balaban J connectivity index is 1.52. The fraction of sp³-hybridized carbons (Fsp3) is 0.389. The Morgan fingerprint density at radius 3 is 2.83 bits per heavy atom. The number of ether oxygens (including phenoxy) is 3. The molecule has 1 aliphatic rings. The summed E-state index contributed by atoms with van der Waals surface area (Å²) in [5.41, 5.74) is 0. The van der Waals surface area contributed by atoms with Crippen LogP contribution in [0.25, 0.3) is 0 Å². The normalized spacial score (nSPS) is 16.8. The minimum atomic E-state index is -0.242. The first-order valence-electron chi connectivity index (χ1n) is 8.00. The Labute approximate surface area is 140 Å². The average Bonchev–Trinajstić information content (AvgIpc) is 3.30. The molecule has 1 aromatic carbocycles. The second kappa shape index (κ2) is 7.88. The molecule has 2 aromatic rings. The van der Waals surface area contributed by atoms with Gasteiger partial charge in [-0.05, 0) is 37.1 Å². The van der Waals surface area contributed by atoms with E-state index in [-0.39, 0.29) is 24.4 Å². The van der Waals surface area contributed by atoms with Gasteiger partial charge in [-0.2, -0.15) is 0 Å². The van der Waals surface area contributed by atoms with E-state index in [0.717, 1.165) is 19.4 Å². The highest BCUT2D eigenvalue weighted by Gasteiger charge is 2.18. The highest BCUT2D eigenvalue weighted by atomic mass is 16.5. The van der Waals surface area contributed by atoms with Gasteiger partial charge in [-0.1, -0.05) is 12.1 Å². The number of hydrogen-bond acceptors (Lipinski definition) is 5. The van der Waals surface area contributed by atoms with E-state index in [1.165, 1.54) is 0 Å². The Morgan fingerprint density at radius 1 is 1.25 bits per heavy atom. The maximum atomic E-state index is 12.1. The van der Waals surface area contributed by atoms with Gasteiger partial charge < -0.3 is 23.9 Å². The summed E-state index contributed by atoms with van der Waals surface area (Å²) in [6, 6.07) is 10.7. The monoisotopic (exact) mass is 331 g/mol. The number of furan rings is 1. The second-order valence-corrected chi connectivity index (χ2v) is 5.55. The zero-order chi connectivity index (χ0) is 16.8. The van der Waals surface area contributed by atoms with E-state index in [0.29, 0.717) is 23.8 Å². The molecule has 0 spiro atoms. The SMILES string of the molecule is COc1ccccc1OCc1ccc(C(=O)NC[C@@H]2CCCO2)o1. The minimum absolute atomic E-state index is 0.109. The molecule has 1 N–H and O–H groups in total. The summed E-state index contributed by atoms with van der Waals surface area (Å²) in [6.45, 7) is 1.50. The molecule has 3 rings (SSSR count). The molecule has 1 fully saturated rings. The van der Waals surface area contributed by atoms with Crippen LogP contribution in [0, 0.1) is 0 Å². The Bertz CT molecular complexity index is 676. The molecule has 0 saturated carbocycles. The molecule has 1 atom stereocenters. The van der Waals surface area contributed by atoms with Crippen LogP contribution in [0.2, 0.25) is 0 Å². The predicted octanol–water partition coefficient (Wildman–Crippen LogP) is 2.78. The van der Waals surface area contributed by atoms with Gasteiger partial charge >= 0.3 is 0 Å². The zero-order valence-electron chi connectivity index (χ0n) is 13.6. The molecule has 1 aromatic heterocycles. The minimum Gasteiger partial charge on any atom is -0.493 e. The van der Waals surface area contributed by atoms with E-state index in [4.69, 9.17) is 18.6 Å². The maximum absolute atomic E-state index is 12.1. The fourth-order valence-electron chi connectivity index (χ4n) is 2.56. The number of hydrogen-bond donors (Lipinski definition) is 1. The van der Waals surface area contributed by atoms with Gasteiger partial charge in [-0.3, -0.25) is 4.79 Å². The summed E-state index contributed by atoms with van der Waals surface area (Å²) in [7, 11) is 1.59.